The average Bonchev–Trinajstić information content (AvgIpc) is 2.46. The standard InChI is InChI=1S/C6H16O18P4/c7-1-3(21-25(9,10)11)2(8)5(23-27(15,16)17)6(24-28(18,19)20)4(1)22-26(12,13)14/h1-8H,(H2,9,10,11)(H2,12,13,14)(H2,15,16,17)(H2,18,19,20)/t1-,2-,3?,4-,5+,6?/m0/s1/i1D,2D,3D,4D,5D,6D. The predicted molar refractivity (Wildman–Crippen MR) is 79.7 cm³/mol. The van der Waals surface area contributed by atoms with Crippen LogP contribution < -0.4 is 0 Å². The fourth-order valence-electron chi connectivity index (χ4n) is 1.45. The molecule has 1 fully saturated rings. The molecule has 0 bridgehead atoms. The summed E-state index contributed by atoms with van der Waals surface area (Å²) in [7, 11) is -26.0. The maximum absolute atomic E-state index is 11.4. The lowest BCUT2D eigenvalue weighted by Crippen LogP contribution is -2.65. The van der Waals surface area contributed by atoms with Gasteiger partial charge in [-0.25, -0.2) is 18.3 Å². The van der Waals surface area contributed by atoms with E-state index in [-0.39, 0.29) is 0 Å². The Labute approximate surface area is 163 Å². The highest BCUT2D eigenvalue weighted by Gasteiger charge is 2.58. The van der Waals surface area contributed by atoms with E-state index in [1.54, 1.807) is 0 Å². The summed E-state index contributed by atoms with van der Waals surface area (Å²) in [6.45, 7) is 0. The van der Waals surface area contributed by atoms with Crippen LogP contribution in [0.1, 0.15) is 8.22 Å². The molecule has 1 aliphatic carbocycles. The summed E-state index contributed by atoms with van der Waals surface area (Å²) < 4.78 is 107. The van der Waals surface area contributed by atoms with Gasteiger partial charge in [0.25, 0.3) is 0 Å². The van der Waals surface area contributed by atoms with Gasteiger partial charge in [0.2, 0.25) is 0 Å². The van der Waals surface area contributed by atoms with Gasteiger partial charge in [-0.1, -0.05) is 0 Å². The molecule has 28 heavy (non-hydrogen) atoms. The molecule has 0 aromatic rings. The zero-order valence-corrected chi connectivity index (χ0v) is 16.1. The summed E-state index contributed by atoms with van der Waals surface area (Å²) in [6.07, 6.45) is -31.3. The van der Waals surface area contributed by atoms with Crippen LogP contribution in [0.3, 0.4) is 0 Å². The van der Waals surface area contributed by atoms with Crippen molar-refractivity contribution in [3.05, 3.63) is 0 Å². The third-order valence-electron chi connectivity index (χ3n) is 2.11. The van der Waals surface area contributed by atoms with E-state index in [1.807, 2.05) is 0 Å². The molecule has 0 aromatic heterocycles. The lowest BCUT2D eigenvalue weighted by Gasteiger charge is -2.45. The van der Waals surface area contributed by atoms with Crippen LogP contribution in [-0.4, -0.2) is 85.8 Å². The van der Waals surface area contributed by atoms with Gasteiger partial charge in [0.05, 0.1) is 8.22 Å². The van der Waals surface area contributed by atoms with E-state index in [9.17, 15) is 28.5 Å². The first-order valence-electron chi connectivity index (χ1n) is 8.82. The zero-order valence-electron chi connectivity index (χ0n) is 18.5. The second-order valence-electron chi connectivity index (χ2n) is 4.34. The minimum Gasteiger partial charge on any atom is -0.387 e. The average molecular weight is 506 g/mol. The predicted octanol–water partition coefficient (Wildman–Crippen LogP) is -3.37. The van der Waals surface area contributed by atoms with Crippen LogP contribution in [0.5, 0.6) is 0 Å². The molecule has 10 N–H and O–H groups in total. The molecule has 0 spiro atoms. The van der Waals surface area contributed by atoms with Crippen molar-refractivity contribution in [1.29, 1.82) is 0 Å². The number of rotatable bonds is 8. The first-order valence-corrected chi connectivity index (χ1v) is 11.9. The number of phosphoric ester groups is 4. The quantitative estimate of drug-likeness (QED) is 0.144. The Hall–Kier alpha value is 0.360. The molecule has 0 heterocycles. The molecule has 1 rings (SSSR count). The maximum Gasteiger partial charge on any atom is 0.470 e. The number of hydrogen-bond acceptors (Lipinski definition) is 10. The smallest absolute Gasteiger partial charge is 0.387 e. The monoisotopic (exact) mass is 506 g/mol. The first-order chi connectivity index (χ1) is 14.3. The van der Waals surface area contributed by atoms with Gasteiger partial charge in [0.15, 0.2) is 0 Å². The van der Waals surface area contributed by atoms with Crippen LogP contribution >= 0.6 is 31.3 Å². The van der Waals surface area contributed by atoms with E-state index in [0.717, 1.165) is 0 Å². The van der Waals surface area contributed by atoms with E-state index in [4.69, 9.17) is 47.4 Å². The van der Waals surface area contributed by atoms with Crippen molar-refractivity contribution in [2.24, 2.45) is 0 Å². The van der Waals surface area contributed by atoms with Crippen molar-refractivity contribution in [2.75, 3.05) is 0 Å². The van der Waals surface area contributed by atoms with E-state index >= 15 is 0 Å². The third kappa shape index (κ3) is 8.62. The van der Waals surface area contributed by atoms with E-state index in [1.165, 1.54) is 0 Å². The van der Waals surface area contributed by atoms with Crippen molar-refractivity contribution >= 4 is 31.3 Å². The molecule has 0 saturated heterocycles. The van der Waals surface area contributed by atoms with Gasteiger partial charge in [-0.15, -0.1) is 0 Å². The molecule has 2 unspecified atom stereocenters. The van der Waals surface area contributed by atoms with Crippen molar-refractivity contribution in [1.82, 2.24) is 0 Å². The molecule has 0 aliphatic heterocycles. The molecule has 0 radical (unpaired) electrons. The minimum atomic E-state index is -6.52. The first kappa shape index (κ1) is 18.0. The van der Waals surface area contributed by atoms with Crippen molar-refractivity contribution in [3.8, 4) is 0 Å². The summed E-state index contributed by atoms with van der Waals surface area (Å²) in [6, 6.07) is 0. The van der Waals surface area contributed by atoms with Crippen molar-refractivity contribution < 1.29 is 93.9 Å². The summed E-state index contributed by atoms with van der Waals surface area (Å²) in [5.74, 6) is 0. The van der Waals surface area contributed by atoms with Gasteiger partial charge in [-0.3, -0.25) is 18.1 Å². The van der Waals surface area contributed by atoms with Crippen LogP contribution in [-0.2, 0) is 36.4 Å². The zero-order chi connectivity index (χ0) is 27.8. The van der Waals surface area contributed by atoms with Gasteiger partial charge >= 0.3 is 31.3 Å². The summed E-state index contributed by atoms with van der Waals surface area (Å²) >= 11 is 0. The Morgan fingerprint density at radius 2 is 0.714 bits per heavy atom. The fraction of sp³-hybridized carbons (Fsp3) is 1.00. The maximum atomic E-state index is 11.4. The molecule has 0 amide bonds. The van der Waals surface area contributed by atoms with Gasteiger partial charge < -0.3 is 49.4 Å². The summed E-state index contributed by atoms with van der Waals surface area (Å²) in [4.78, 5) is 72.3. The van der Waals surface area contributed by atoms with Gasteiger partial charge in [0, 0.05) is 0 Å². The van der Waals surface area contributed by atoms with Crippen molar-refractivity contribution in [2.45, 2.75) is 36.5 Å². The molecular formula is C6H16O18P4. The number of aliphatic hydroxyl groups is 2. The Balaban J connectivity index is 4.41. The van der Waals surface area contributed by atoms with Crippen molar-refractivity contribution in [3.63, 3.8) is 0 Å². The molecule has 22 heteroatoms. The van der Waals surface area contributed by atoms with E-state index < -0.39 is 67.8 Å². The minimum absolute atomic E-state index is 3.56. The third-order valence-corrected chi connectivity index (χ3v) is 3.80. The van der Waals surface area contributed by atoms with Crippen LogP contribution in [0, 0.1) is 0 Å². The molecule has 1 saturated carbocycles. The second kappa shape index (κ2) is 8.85. The summed E-state index contributed by atoms with van der Waals surface area (Å²) in [5.41, 5.74) is 0. The van der Waals surface area contributed by atoms with Crippen LogP contribution in [0.15, 0.2) is 0 Å². The highest BCUT2D eigenvalue weighted by molar-refractivity contribution is 7.47. The Morgan fingerprint density at radius 1 is 0.500 bits per heavy atom. The second-order valence-corrected chi connectivity index (χ2v) is 9.00. The molecular weight excluding hydrogens is 484 g/mol. The van der Waals surface area contributed by atoms with Gasteiger partial charge in [-0.2, -0.15) is 0 Å². The SMILES string of the molecule is [2H]C1(OP(=O)(O)O)[C@]([2H])(O)[C@@]([2H])(OP(=O)(O)O)C([2H])(OP(=O)(O)O)[C@@]([2H])(OP(=O)(O)O)[C@@]1([2H])O. The Bertz CT molecular complexity index is 960. The number of hydrogen-bond donors (Lipinski definition) is 10. The van der Waals surface area contributed by atoms with Gasteiger partial charge in [0.1, 0.15) is 36.5 Å². The largest absolute Gasteiger partial charge is 0.470 e. The van der Waals surface area contributed by atoms with Crippen LogP contribution in [0.4, 0.5) is 0 Å². The summed E-state index contributed by atoms with van der Waals surface area (Å²) in [5, 5.41) is 20.9. The Kier molecular flexibility index (Phi) is 5.68. The molecule has 0 aromatic carbocycles. The Morgan fingerprint density at radius 3 is 0.964 bits per heavy atom. The van der Waals surface area contributed by atoms with Crippen LogP contribution in [0.25, 0.3) is 0 Å². The van der Waals surface area contributed by atoms with Gasteiger partial charge in [-0.05, 0) is 0 Å². The molecule has 1 aliphatic rings. The fourth-order valence-corrected chi connectivity index (χ4v) is 3.08. The highest BCUT2D eigenvalue weighted by atomic mass is 31.2. The topological polar surface area (TPSA) is 308 Å². The molecule has 168 valence electrons. The highest BCUT2D eigenvalue weighted by Crippen LogP contribution is 2.52. The number of phosphoric acid groups is 4. The normalized spacial score (nSPS) is 51.9. The van der Waals surface area contributed by atoms with E-state index in [0.29, 0.717) is 0 Å². The van der Waals surface area contributed by atoms with Crippen LogP contribution in [0.2, 0.25) is 0 Å². The molecule has 6 atom stereocenters. The van der Waals surface area contributed by atoms with E-state index in [2.05, 4.69) is 18.1 Å². The lowest BCUT2D eigenvalue weighted by molar-refractivity contribution is -0.208. The molecule has 18 nitrogen and oxygen atoms in total. The lowest BCUT2D eigenvalue weighted by atomic mass is 9.85.